The predicted octanol–water partition coefficient (Wildman–Crippen LogP) is 2.53. The van der Waals surface area contributed by atoms with E-state index in [2.05, 4.69) is 5.43 Å². The average Bonchev–Trinajstić information content (AvgIpc) is 2.61. The third kappa shape index (κ3) is 2.20. The Labute approximate surface area is 100 Å². The van der Waals surface area contributed by atoms with E-state index in [9.17, 15) is 4.79 Å². The Morgan fingerprint density at radius 2 is 2.00 bits per heavy atom. The molecule has 1 atom stereocenters. The Balaban J connectivity index is 2.13. The highest BCUT2D eigenvalue weighted by molar-refractivity contribution is 6.30. The van der Waals surface area contributed by atoms with E-state index in [0.29, 0.717) is 11.4 Å². The van der Waals surface area contributed by atoms with Gasteiger partial charge in [0, 0.05) is 17.5 Å². The van der Waals surface area contributed by atoms with Gasteiger partial charge in [-0.05, 0) is 31.5 Å². The van der Waals surface area contributed by atoms with Crippen molar-refractivity contribution in [1.82, 2.24) is 10.4 Å². The predicted molar refractivity (Wildman–Crippen MR) is 63.9 cm³/mol. The van der Waals surface area contributed by atoms with Gasteiger partial charge >= 0.3 is 0 Å². The van der Waals surface area contributed by atoms with Crippen molar-refractivity contribution in [3.63, 3.8) is 0 Å². The van der Waals surface area contributed by atoms with Crippen LogP contribution in [-0.2, 0) is 4.79 Å². The summed E-state index contributed by atoms with van der Waals surface area (Å²) in [5.74, 6) is 0.148. The quantitative estimate of drug-likeness (QED) is 0.859. The number of halogens is 1. The standard InChI is InChI=1S/C12H15ClN2O/c1-8(2)15-12(16)7-11(14-15)9-3-5-10(13)6-4-9/h3-6,8,11,14H,7H2,1-2H3. The number of nitrogens with zero attached hydrogens (tertiary/aromatic N) is 1. The Morgan fingerprint density at radius 1 is 1.38 bits per heavy atom. The summed E-state index contributed by atoms with van der Waals surface area (Å²) < 4.78 is 0. The zero-order valence-electron chi connectivity index (χ0n) is 9.40. The van der Waals surface area contributed by atoms with E-state index in [-0.39, 0.29) is 18.0 Å². The van der Waals surface area contributed by atoms with Gasteiger partial charge in [-0.25, -0.2) is 5.43 Å². The minimum Gasteiger partial charge on any atom is -0.275 e. The monoisotopic (exact) mass is 238 g/mol. The van der Waals surface area contributed by atoms with Gasteiger partial charge < -0.3 is 0 Å². The molecule has 1 aliphatic rings. The molecule has 1 aromatic carbocycles. The minimum atomic E-state index is 0.0761. The van der Waals surface area contributed by atoms with Crippen molar-refractivity contribution < 1.29 is 4.79 Å². The average molecular weight is 239 g/mol. The molecule has 1 saturated heterocycles. The number of hydrogen-bond donors (Lipinski definition) is 1. The molecule has 0 saturated carbocycles. The first-order valence-corrected chi connectivity index (χ1v) is 5.79. The van der Waals surface area contributed by atoms with Crippen molar-refractivity contribution in [2.24, 2.45) is 0 Å². The first-order chi connectivity index (χ1) is 7.58. The zero-order chi connectivity index (χ0) is 11.7. The molecule has 1 unspecified atom stereocenters. The van der Waals surface area contributed by atoms with E-state index in [1.165, 1.54) is 0 Å². The molecule has 1 heterocycles. The number of carbonyl (C=O) groups excluding carboxylic acids is 1. The van der Waals surface area contributed by atoms with Crippen LogP contribution < -0.4 is 5.43 Å². The molecular formula is C12H15ClN2O. The Morgan fingerprint density at radius 3 is 2.50 bits per heavy atom. The van der Waals surface area contributed by atoms with Crippen LogP contribution >= 0.6 is 11.6 Å². The molecule has 2 rings (SSSR count). The minimum absolute atomic E-state index is 0.0761. The lowest BCUT2D eigenvalue weighted by molar-refractivity contribution is -0.131. The molecule has 4 heteroatoms. The van der Waals surface area contributed by atoms with Crippen molar-refractivity contribution in [1.29, 1.82) is 0 Å². The van der Waals surface area contributed by atoms with Crippen LogP contribution in [0, 0.1) is 0 Å². The Kier molecular flexibility index (Phi) is 3.17. The van der Waals surface area contributed by atoms with Crippen LogP contribution in [0.15, 0.2) is 24.3 Å². The molecular weight excluding hydrogens is 224 g/mol. The molecule has 0 aromatic heterocycles. The highest BCUT2D eigenvalue weighted by Crippen LogP contribution is 2.25. The molecule has 86 valence electrons. The number of amides is 1. The normalized spacial score (nSPS) is 20.9. The van der Waals surface area contributed by atoms with E-state index >= 15 is 0 Å². The van der Waals surface area contributed by atoms with Crippen molar-refractivity contribution in [3.8, 4) is 0 Å². The van der Waals surface area contributed by atoms with Gasteiger partial charge in [-0.1, -0.05) is 23.7 Å². The number of carbonyl (C=O) groups is 1. The van der Waals surface area contributed by atoms with Crippen molar-refractivity contribution in [2.45, 2.75) is 32.4 Å². The van der Waals surface area contributed by atoms with Crippen LogP contribution in [0.3, 0.4) is 0 Å². The molecule has 1 aliphatic heterocycles. The van der Waals surface area contributed by atoms with Crippen LogP contribution in [0.25, 0.3) is 0 Å². The van der Waals surface area contributed by atoms with E-state index in [1.54, 1.807) is 5.01 Å². The summed E-state index contributed by atoms with van der Waals surface area (Å²) >= 11 is 5.83. The molecule has 16 heavy (non-hydrogen) atoms. The topological polar surface area (TPSA) is 32.3 Å². The summed E-state index contributed by atoms with van der Waals surface area (Å²) in [5, 5.41) is 2.41. The van der Waals surface area contributed by atoms with Gasteiger partial charge in [0.15, 0.2) is 0 Å². The highest BCUT2D eigenvalue weighted by atomic mass is 35.5. The fraction of sp³-hybridized carbons (Fsp3) is 0.417. The van der Waals surface area contributed by atoms with Gasteiger partial charge in [-0.2, -0.15) is 0 Å². The number of hydrogen-bond acceptors (Lipinski definition) is 2. The molecule has 1 fully saturated rings. The molecule has 1 aromatic rings. The molecule has 1 N–H and O–H groups in total. The van der Waals surface area contributed by atoms with Crippen LogP contribution in [0.1, 0.15) is 31.9 Å². The van der Waals surface area contributed by atoms with Gasteiger partial charge in [0.2, 0.25) is 5.91 Å². The maximum atomic E-state index is 11.7. The molecule has 1 amide bonds. The summed E-state index contributed by atoms with van der Waals surface area (Å²) in [5.41, 5.74) is 4.31. The van der Waals surface area contributed by atoms with Crippen LogP contribution in [0.4, 0.5) is 0 Å². The molecule has 0 radical (unpaired) electrons. The first kappa shape index (κ1) is 11.4. The van der Waals surface area contributed by atoms with Crippen LogP contribution in [0.2, 0.25) is 5.02 Å². The lowest BCUT2D eigenvalue weighted by Gasteiger charge is -2.22. The largest absolute Gasteiger partial charge is 0.275 e. The van der Waals surface area contributed by atoms with Crippen molar-refractivity contribution in [3.05, 3.63) is 34.9 Å². The first-order valence-electron chi connectivity index (χ1n) is 5.41. The number of benzene rings is 1. The van der Waals surface area contributed by atoms with Gasteiger partial charge in [-0.15, -0.1) is 0 Å². The lowest BCUT2D eigenvalue weighted by Crippen LogP contribution is -2.40. The Bertz CT molecular complexity index is 389. The molecule has 0 bridgehead atoms. The molecule has 3 nitrogen and oxygen atoms in total. The van der Waals surface area contributed by atoms with Crippen molar-refractivity contribution >= 4 is 17.5 Å². The highest BCUT2D eigenvalue weighted by Gasteiger charge is 2.31. The van der Waals surface area contributed by atoms with E-state index in [1.807, 2.05) is 38.1 Å². The second-order valence-electron chi connectivity index (χ2n) is 4.29. The van der Waals surface area contributed by atoms with E-state index in [0.717, 1.165) is 5.56 Å². The molecule has 0 spiro atoms. The maximum Gasteiger partial charge on any atom is 0.238 e. The summed E-state index contributed by atoms with van der Waals surface area (Å²) in [7, 11) is 0. The van der Waals surface area contributed by atoms with E-state index < -0.39 is 0 Å². The van der Waals surface area contributed by atoms with Crippen LogP contribution in [0.5, 0.6) is 0 Å². The van der Waals surface area contributed by atoms with Gasteiger partial charge in [0.05, 0.1) is 6.04 Å². The third-order valence-electron chi connectivity index (χ3n) is 2.73. The summed E-state index contributed by atoms with van der Waals surface area (Å²) in [6.45, 7) is 3.99. The van der Waals surface area contributed by atoms with Crippen molar-refractivity contribution in [2.75, 3.05) is 0 Å². The number of hydrazine groups is 1. The van der Waals surface area contributed by atoms with Gasteiger partial charge in [-0.3, -0.25) is 9.80 Å². The Hall–Kier alpha value is -1.06. The van der Waals surface area contributed by atoms with Crippen LogP contribution in [-0.4, -0.2) is 17.0 Å². The van der Waals surface area contributed by atoms with Gasteiger partial charge in [0.1, 0.15) is 0 Å². The third-order valence-corrected chi connectivity index (χ3v) is 2.98. The van der Waals surface area contributed by atoms with E-state index in [4.69, 9.17) is 11.6 Å². The second kappa shape index (κ2) is 4.44. The number of rotatable bonds is 2. The second-order valence-corrected chi connectivity index (χ2v) is 4.73. The number of nitrogens with one attached hydrogen (secondary N) is 1. The fourth-order valence-corrected chi connectivity index (χ4v) is 2.01. The summed E-state index contributed by atoms with van der Waals surface area (Å²) in [6.07, 6.45) is 0.514. The smallest absolute Gasteiger partial charge is 0.238 e. The SMILES string of the molecule is CC(C)N1NC(c2ccc(Cl)cc2)CC1=O. The fourth-order valence-electron chi connectivity index (χ4n) is 1.88. The summed E-state index contributed by atoms with van der Waals surface area (Å²) in [6, 6.07) is 7.87. The maximum absolute atomic E-state index is 11.7. The molecule has 0 aliphatic carbocycles. The lowest BCUT2D eigenvalue weighted by atomic mass is 10.1. The van der Waals surface area contributed by atoms with Gasteiger partial charge in [0.25, 0.3) is 0 Å². The zero-order valence-corrected chi connectivity index (χ0v) is 10.2. The summed E-state index contributed by atoms with van der Waals surface area (Å²) in [4.78, 5) is 11.7.